The van der Waals surface area contributed by atoms with Crippen LogP contribution in [0.15, 0.2) is 41.3 Å². The zero-order valence-electron chi connectivity index (χ0n) is 20.4. The van der Waals surface area contributed by atoms with Crippen LogP contribution in [0.25, 0.3) is 6.08 Å². The highest BCUT2D eigenvalue weighted by molar-refractivity contribution is 7.92. The van der Waals surface area contributed by atoms with Crippen LogP contribution in [0.4, 0.5) is 10.1 Å². The summed E-state index contributed by atoms with van der Waals surface area (Å²) in [7, 11) is -2.94. The molecule has 35 heavy (non-hydrogen) atoms. The van der Waals surface area contributed by atoms with Crippen molar-refractivity contribution < 1.29 is 27.1 Å². The smallest absolute Gasteiger partial charge is 0.343 e. The lowest BCUT2D eigenvalue weighted by Crippen LogP contribution is -2.23. The number of sulfonamides is 1. The van der Waals surface area contributed by atoms with Gasteiger partial charge in [-0.3, -0.25) is 4.72 Å². The Kier molecular flexibility index (Phi) is 6.92. The summed E-state index contributed by atoms with van der Waals surface area (Å²) in [5.74, 6) is -0.503. The number of ether oxygens (including phenoxy) is 2. The number of rotatable bonds is 9. The summed E-state index contributed by atoms with van der Waals surface area (Å²) in [4.78, 5) is 14.8. The second-order valence-corrected chi connectivity index (χ2v) is 10.8. The van der Waals surface area contributed by atoms with Crippen LogP contribution in [0.3, 0.4) is 0 Å². The fraction of sp³-hybridized carbons (Fsp3) is 0.423. The van der Waals surface area contributed by atoms with Crippen LogP contribution in [0, 0.1) is 11.7 Å². The van der Waals surface area contributed by atoms with Crippen LogP contribution < -0.4 is 9.46 Å². The van der Waals surface area contributed by atoms with E-state index in [2.05, 4.69) is 16.5 Å². The lowest BCUT2D eigenvalue weighted by atomic mass is 9.90. The van der Waals surface area contributed by atoms with E-state index in [0.29, 0.717) is 24.8 Å². The SMILES string of the molecule is CCN(CC)C/C=C\c1cc(F)ccc1S(=O)(=O)Nc1ccc2c(c1C(=O)OC)OCC1CC21C. The third-order valence-electron chi connectivity index (χ3n) is 7.06. The quantitative estimate of drug-likeness (QED) is 0.511. The summed E-state index contributed by atoms with van der Waals surface area (Å²) in [6.07, 6.45) is 4.35. The average Bonchev–Trinajstić information content (AvgIpc) is 3.52. The van der Waals surface area contributed by atoms with Gasteiger partial charge in [-0.2, -0.15) is 0 Å². The topological polar surface area (TPSA) is 84.9 Å². The molecule has 188 valence electrons. The maximum Gasteiger partial charge on any atom is 0.343 e. The zero-order chi connectivity index (χ0) is 25.4. The highest BCUT2D eigenvalue weighted by Gasteiger charge is 2.56. The molecule has 2 atom stereocenters. The van der Waals surface area contributed by atoms with Gasteiger partial charge in [0, 0.05) is 23.4 Å². The fourth-order valence-electron chi connectivity index (χ4n) is 4.69. The molecule has 0 bridgehead atoms. The molecule has 2 unspecified atom stereocenters. The molecule has 0 saturated heterocycles. The van der Waals surface area contributed by atoms with Gasteiger partial charge in [0.2, 0.25) is 0 Å². The number of methoxy groups -OCH3 is 1. The minimum Gasteiger partial charge on any atom is -0.492 e. The lowest BCUT2D eigenvalue weighted by Gasteiger charge is -2.26. The summed E-state index contributed by atoms with van der Waals surface area (Å²) in [6, 6.07) is 6.86. The molecule has 4 rings (SSSR count). The second-order valence-electron chi connectivity index (χ2n) is 9.16. The number of hydrogen-bond donors (Lipinski definition) is 1. The summed E-state index contributed by atoms with van der Waals surface area (Å²) in [5.41, 5.74) is 1.10. The van der Waals surface area contributed by atoms with Gasteiger partial charge in [0.1, 0.15) is 17.1 Å². The highest BCUT2D eigenvalue weighted by Crippen LogP contribution is 2.60. The average molecular weight is 503 g/mol. The molecule has 2 aliphatic rings. The molecule has 1 heterocycles. The number of carbonyl (C=O) groups excluding carboxylic acids is 1. The number of likely N-dealkylation sites (N-methyl/N-ethyl adjacent to an activating group) is 1. The van der Waals surface area contributed by atoms with Gasteiger partial charge in [-0.25, -0.2) is 17.6 Å². The summed E-state index contributed by atoms with van der Waals surface area (Å²) in [5, 5.41) is 0. The number of fused-ring (bicyclic) bond motifs is 3. The second kappa shape index (κ2) is 9.62. The highest BCUT2D eigenvalue weighted by atomic mass is 32.2. The summed E-state index contributed by atoms with van der Waals surface area (Å²) >= 11 is 0. The lowest BCUT2D eigenvalue weighted by molar-refractivity contribution is 0.0595. The first-order valence-electron chi connectivity index (χ1n) is 11.7. The van der Waals surface area contributed by atoms with Gasteiger partial charge in [0.05, 0.1) is 24.3 Å². The Balaban J connectivity index is 1.71. The van der Waals surface area contributed by atoms with Gasteiger partial charge in [-0.05, 0) is 49.3 Å². The fourth-order valence-corrected chi connectivity index (χ4v) is 5.94. The Morgan fingerprint density at radius 2 is 2.03 bits per heavy atom. The Morgan fingerprint density at radius 3 is 2.71 bits per heavy atom. The minimum atomic E-state index is -4.18. The summed E-state index contributed by atoms with van der Waals surface area (Å²) in [6.45, 7) is 8.92. The Bertz CT molecular complexity index is 1270. The van der Waals surface area contributed by atoms with E-state index in [0.717, 1.165) is 31.1 Å². The van der Waals surface area contributed by atoms with Gasteiger partial charge in [-0.15, -0.1) is 0 Å². The van der Waals surface area contributed by atoms with Gasteiger partial charge in [0.15, 0.2) is 0 Å². The first kappa shape index (κ1) is 25.2. The van der Waals surface area contributed by atoms with Crippen molar-refractivity contribution in [3.05, 3.63) is 58.9 Å². The number of hydrogen-bond acceptors (Lipinski definition) is 6. The third kappa shape index (κ3) is 4.79. The summed E-state index contributed by atoms with van der Waals surface area (Å²) < 4.78 is 54.3. The Morgan fingerprint density at radius 1 is 1.29 bits per heavy atom. The molecule has 1 saturated carbocycles. The predicted octanol–water partition coefficient (Wildman–Crippen LogP) is 4.44. The molecule has 1 N–H and O–H groups in total. The number of nitrogens with one attached hydrogen (secondary N) is 1. The van der Waals surface area contributed by atoms with Crippen molar-refractivity contribution in [2.75, 3.05) is 38.1 Å². The predicted molar refractivity (Wildman–Crippen MR) is 133 cm³/mol. The van der Waals surface area contributed by atoms with Crippen molar-refractivity contribution in [1.29, 1.82) is 0 Å². The number of esters is 1. The van der Waals surface area contributed by atoms with E-state index >= 15 is 0 Å². The number of halogens is 1. The van der Waals surface area contributed by atoms with E-state index in [9.17, 15) is 17.6 Å². The molecule has 7 nitrogen and oxygen atoms in total. The normalized spacial score (nSPS) is 20.8. The molecular formula is C26H31FN2O5S. The number of carbonyl (C=O) groups is 1. The maximum absolute atomic E-state index is 14.0. The largest absolute Gasteiger partial charge is 0.492 e. The Hall–Kier alpha value is -2.91. The van der Waals surface area contributed by atoms with Gasteiger partial charge in [-0.1, -0.05) is 39.0 Å². The van der Waals surface area contributed by atoms with Gasteiger partial charge in [0.25, 0.3) is 10.0 Å². The van der Waals surface area contributed by atoms with E-state index in [1.165, 1.54) is 19.2 Å². The van der Waals surface area contributed by atoms with Gasteiger partial charge >= 0.3 is 5.97 Å². The standard InChI is InChI=1S/C26H31FN2O5S/c1-5-29(6-2)13-7-8-17-14-19(27)9-12-22(17)35(31,32)28-21-11-10-20-24(23(21)25(30)33-4)34-16-18-15-26(18,20)3/h7-12,14,18,28H,5-6,13,15-16H2,1-4H3/b8-7-. The molecule has 0 aromatic heterocycles. The molecule has 2 aromatic carbocycles. The molecule has 0 amide bonds. The minimum absolute atomic E-state index is 0.0425. The third-order valence-corrected chi connectivity index (χ3v) is 8.50. The van der Waals surface area contributed by atoms with E-state index in [1.807, 2.05) is 13.8 Å². The van der Waals surface area contributed by atoms with Crippen LogP contribution >= 0.6 is 0 Å². The van der Waals surface area contributed by atoms with Crippen molar-refractivity contribution >= 4 is 27.8 Å². The zero-order valence-corrected chi connectivity index (χ0v) is 21.2. The molecule has 0 spiro atoms. The molecule has 1 fully saturated rings. The van der Waals surface area contributed by atoms with Crippen molar-refractivity contribution in [1.82, 2.24) is 4.90 Å². The van der Waals surface area contributed by atoms with Crippen molar-refractivity contribution in [3.63, 3.8) is 0 Å². The van der Waals surface area contributed by atoms with E-state index in [4.69, 9.17) is 9.47 Å². The number of anilines is 1. The molecule has 1 aliphatic carbocycles. The van der Waals surface area contributed by atoms with Crippen LogP contribution in [-0.4, -0.2) is 52.6 Å². The number of nitrogens with zero attached hydrogens (tertiary/aromatic N) is 1. The first-order chi connectivity index (χ1) is 16.6. The molecule has 0 radical (unpaired) electrons. The van der Waals surface area contributed by atoms with Crippen molar-refractivity contribution in [2.24, 2.45) is 5.92 Å². The van der Waals surface area contributed by atoms with Crippen LogP contribution in [0.2, 0.25) is 0 Å². The molecular weight excluding hydrogens is 471 g/mol. The van der Waals surface area contributed by atoms with E-state index in [-0.39, 0.29) is 27.1 Å². The number of benzene rings is 2. The van der Waals surface area contributed by atoms with E-state index in [1.54, 1.807) is 24.3 Å². The Labute approximate surface area is 206 Å². The molecule has 9 heteroatoms. The van der Waals surface area contributed by atoms with Crippen LogP contribution in [0.1, 0.15) is 48.7 Å². The van der Waals surface area contributed by atoms with E-state index < -0.39 is 21.8 Å². The van der Waals surface area contributed by atoms with Crippen LogP contribution in [0.5, 0.6) is 5.75 Å². The van der Waals surface area contributed by atoms with Crippen molar-refractivity contribution in [2.45, 2.75) is 37.5 Å². The maximum atomic E-state index is 14.0. The first-order valence-corrected chi connectivity index (χ1v) is 13.2. The van der Waals surface area contributed by atoms with Crippen molar-refractivity contribution in [3.8, 4) is 5.75 Å². The molecule has 1 aliphatic heterocycles. The molecule has 2 aromatic rings. The van der Waals surface area contributed by atoms with Crippen LogP contribution in [-0.2, 0) is 20.2 Å². The van der Waals surface area contributed by atoms with Gasteiger partial charge < -0.3 is 14.4 Å². The monoisotopic (exact) mass is 502 g/mol.